The van der Waals surface area contributed by atoms with Gasteiger partial charge < -0.3 is 25.8 Å². The Hall–Kier alpha value is -5.25. The van der Waals surface area contributed by atoms with E-state index in [1.807, 2.05) is 48.5 Å². The first kappa shape index (κ1) is 29.7. The lowest BCUT2D eigenvalue weighted by Crippen LogP contribution is -2.47. The average Bonchev–Trinajstić information content (AvgIpc) is 3.00. The minimum atomic E-state index is -0.975. The molecule has 1 atom stereocenters. The zero-order valence-corrected chi connectivity index (χ0v) is 22.9. The summed E-state index contributed by atoms with van der Waals surface area (Å²) in [6.07, 6.45) is -0.161. The summed E-state index contributed by atoms with van der Waals surface area (Å²) in [6, 6.07) is 26.1. The van der Waals surface area contributed by atoms with Crippen LogP contribution < -0.4 is 16.0 Å². The molecule has 3 aromatic carbocycles. The number of carbonyl (C=O) groups excluding carboxylic acids is 3. The van der Waals surface area contributed by atoms with Gasteiger partial charge in [0.15, 0.2) is 0 Å². The molecule has 0 aliphatic carbocycles. The third-order valence-corrected chi connectivity index (χ3v) is 6.52. The van der Waals surface area contributed by atoms with Crippen LogP contribution in [0.5, 0.6) is 0 Å². The number of carbonyl (C=O) groups is 4. The van der Waals surface area contributed by atoms with Crippen molar-refractivity contribution in [3.8, 4) is 0 Å². The fourth-order valence-corrected chi connectivity index (χ4v) is 4.34. The van der Waals surface area contributed by atoms with Gasteiger partial charge >= 0.3 is 12.1 Å². The first-order valence-electron chi connectivity index (χ1n) is 13.6. The fourth-order valence-electron chi connectivity index (χ4n) is 4.34. The van der Waals surface area contributed by atoms with Crippen LogP contribution in [-0.2, 0) is 33.9 Å². The minimum Gasteiger partial charge on any atom is -0.481 e. The molecule has 0 spiro atoms. The maximum Gasteiger partial charge on any atom is 0.407 e. The maximum absolute atomic E-state index is 13.2. The smallest absolute Gasteiger partial charge is 0.407 e. The molecule has 4 rings (SSSR count). The molecule has 0 fully saturated rings. The van der Waals surface area contributed by atoms with Crippen LogP contribution in [0.2, 0.25) is 0 Å². The molecular formula is C32H32N4O6. The van der Waals surface area contributed by atoms with E-state index in [2.05, 4.69) is 20.9 Å². The first-order valence-corrected chi connectivity index (χ1v) is 13.6. The van der Waals surface area contributed by atoms with Gasteiger partial charge in [-0.25, -0.2) is 9.78 Å². The number of aromatic nitrogens is 1. The van der Waals surface area contributed by atoms with E-state index in [1.165, 1.54) is 0 Å². The molecule has 0 saturated carbocycles. The standard InChI is InChI=1S/C32H32N4O6/c37-29(38)19-24-12-4-5-13-25(24)20-34-30(39)27(15-8-18-33-32(41)42-21-22-9-2-1-3-10-22)36-31(40)28-17-16-23-11-6-7-14-26(23)35-28/h1-7,9-14,16-17,27H,8,15,18-21H2,(H,33,41)(H,34,39)(H,36,40)(H,37,38)/t27-/m0/s1. The van der Waals surface area contributed by atoms with Gasteiger partial charge in [-0.2, -0.15) is 0 Å². The lowest BCUT2D eigenvalue weighted by molar-refractivity contribution is -0.136. The maximum atomic E-state index is 13.2. The fraction of sp³-hybridized carbons (Fsp3) is 0.219. The van der Waals surface area contributed by atoms with E-state index in [0.29, 0.717) is 23.1 Å². The van der Waals surface area contributed by atoms with Crippen LogP contribution in [-0.4, -0.2) is 46.6 Å². The summed E-state index contributed by atoms with van der Waals surface area (Å²) in [7, 11) is 0. The van der Waals surface area contributed by atoms with Gasteiger partial charge in [-0.3, -0.25) is 14.4 Å². The Balaban J connectivity index is 1.37. The van der Waals surface area contributed by atoms with Crippen LogP contribution in [0.15, 0.2) is 91.0 Å². The van der Waals surface area contributed by atoms with Gasteiger partial charge in [0, 0.05) is 18.5 Å². The molecule has 3 amide bonds. The lowest BCUT2D eigenvalue weighted by atomic mass is 10.0. The number of alkyl carbamates (subject to hydrolysis) is 1. The minimum absolute atomic E-state index is 0.0902. The summed E-state index contributed by atoms with van der Waals surface area (Å²) in [6.45, 7) is 0.450. The number of nitrogens with one attached hydrogen (secondary N) is 3. The molecule has 0 saturated heterocycles. The lowest BCUT2D eigenvalue weighted by Gasteiger charge is -2.19. The Morgan fingerprint density at radius 3 is 2.31 bits per heavy atom. The second-order valence-corrected chi connectivity index (χ2v) is 9.60. The van der Waals surface area contributed by atoms with Crippen molar-refractivity contribution < 1.29 is 29.0 Å². The van der Waals surface area contributed by atoms with Gasteiger partial charge in [0.25, 0.3) is 5.91 Å². The van der Waals surface area contributed by atoms with E-state index in [0.717, 1.165) is 10.9 Å². The molecule has 0 bridgehead atoms. The van der Waals surface area contributed by atoms with Crippen molar-refractivity contribution in [2.45, 2.75) is 38.5 Å². The van der Waals surface area contributed by atoms with Crippen molar-refractivity contribution in [2.24, 2.45) is 0 Å². The second kappa shape index (κ2) is 14.9. The predicted octanol–water partition coefficient (Wildman–Crippen LogP) is 3.98. The molecule has 4 aromatic rings. The summed E-state index contributed by atoms with van der Waals surface area (Å²) >= 11 is 0. The highest BCUT2D eigenvalue weighted by atomic mass is 16.5. The Morgan fingerprint density at radius 1 is 0.810 bits per heavy atom. The Morgan fingerprint density at radius 2 is 1.52 bits per heavy atom. The van der Waals surface area contributed by atoms with E-state index in [1.54, 1.807) is 42.5 Å². The highest BCUT2D eigenvalue weighted by Gasteiger charge is 2.22. The molecule has 216 valence electrons. The molecule has 10 heteroatoms. The summed E-state index contributed by atoms with van der Waals surface area (Å²) < 4.78 is 5.22. The third kappa shape index (κ3) is 8.88. The number of aliphatic carboxylic acids is 1. The number of benzene rings is 3. The number of nitrogens with zero attached hydrogens (tertiary/aromatic N) is 1. The monoisotopic (exact) mass is 568 g/mol. The van der Waals surface area contributed by atoms with Crippen LogP contribution in [0, 0.1) is 0 Å². The van der Waals surface area contributed by atoms with Crippen molar-refractivity contribution in [1.29, 1.82) is 0 Å². The molecule has 42 heavy (non-hydrogen) atoms. The summed E-state index contributed by atoms with van der Waals surface area (Å²) in [5.74, 6) is -1.93. The van der Waals surface area contributed by atoms with Crippen molar-refractivity contribution in [1.82, 2.24) is 20.9 Å². The molecule has 1 heterocycles. The highest BCUT2D eigenvalue weighted by molar-refractivity contribution is 5.97. The van der Waals surface area contributed by atoms with Crippen molar-refractivity contribution in [3.63, 3.8) is 0 Å². The van der Waals surface area contributed by atoms with E-state index < -0.39 is 29.9 Å². The van der Waals surface area contributed by atoms with E-state index in [9.17, 15) is 24.3 Å². The second-order valence-electron chi connectivity index (χ2n) is 9.60. The molecule has 1 aromatic heterocycles. The van der Waals surface area contributed by atoms with Gasteiger partial charge in [-0.15, -0.1) is 0 Å². The molecule has 10 nitrogen and oxygen atoms in total. The van der Waals surface area contributed by atoms with Crippen LogP contribution >= 0.6 is 0 Å². The zero-order valence-electron chi connectivity index (χ0n) is 22.9. The summed E-state index contributed by atoms with van der Waals surface area (Å²) in [5.41, 5.74) is 2.93. The number of hydrogen-bond donors (Lipinski definition) is 4. The van der Waals surface area contributed by atoms with E-state index in [4.69, 9.17) is 4.74 Å². The van der Waals surface area contributed by atoms with Crippen LogP contribution in [0.3, 0.4) is 0 Å². The number of amides is 3. The van der Waals surface area contributed by atoms with Gasteiger partial charge in [0.1, 0.15) is 18.3 Å². The number of fused-ring (bicyclic) bond motifs is 1. The predicted molar refractivity (Wildman–Crippen MR) is 156 cm³/mol. The number of rotatable bonds is 13. The summed E-state index contributed by atoms with van der Waals surface area (Å²) in [5, 5.41) is 18.3. The number of carboxylic acid groups (broad SMARTS) is 1. The molecular weight excluding hydrogens is 536 g/mol. The molecule has 0 aliphatic heterocycles. The Labute approximate surface area is 243 Å². The molecule has 0 radical (unpaired) electrons. The van der Waals surface area contributed by atoms with Crippen molar-refractivity contribution >= 4 is 34.8 Å². The van der Waals surface area contributed by atoms with Crippen LogP contribution in [0.25, 0.3) is 10.9 Å². The number of hydrogen-bond acceptors (Lipinski definition) is 6. The van der Waals surface area contributed by atoms with Gasteiger partial charge in [0.05, 0.1) is 11.9 Å². The van der Waals surface area contributed by atoms with Crippen molar-refractivity contribution in [3.05, 3.63) is 113 Å². The van der Waals surface area contributed by atoms with E-state index >= 15 is 0 Å². The van der Waals surface area contributed by atoms with Crippen LogP contribution in [0.1, 0.15) is 40.0 Å². The normalized spacial score (nSPS) is 11.3. The van der Waals surface area contributed by atoms with Gasteiger partial charge in [-0.1, -0.05) is 78.9 Å². The third-order valence-electron chi connectivity index (χ3n) is 6.52. The molecule has 4 N–H and O–H groups in total. The van der Waals surface area contributed by atoms with Gasteiger partial charge in [-0.05, 0) is 41.7 Å². The van der Waals surface area contributed by atoms with Crippen LogP contribution in [0.4, 0.5) is 4.79 Å². The Bertz CT molecular complexity index is 1540. The molecule has 0 unspecified atom stereocenters. The zero-order chi connectivity index (χ0) is 29.7. The SMILES string of the molecule is O=C(O)Cc1ccccc1CNC(=O)[C@H](CCCNC(=O)OCc1ccccc1)NC(=O)c1ccc2ccccc2n1. The number of ether oxygens (including phenoxy) is 1. The largest absolute Gasteiger partial charge is 0.481 e. The van der Waals surface area contributed by atoms with Gasteiger partial charge in [0.2, 0.25) is 5.91 Å². The highest BCUT2D eigenvalue weighted by Crippen LogP contribution is 2.13. The number of para-hydroxylation sites is 1. The topological polar surface area (TPSA) is 147 Å². The quantitative estimate of drug-likeness (QED) is 0.178. The Kier molecular flexibility index (Phi) is 10.6. The average molecular weight is 569 g/mol. The number of carboxylic acids is 1. The van der Waals surface area contributed by atoms with E-state index in [-0.39, 0.29) is 38.2 Å². The molecule has 0 aliphatic rings. The number of pyridine rings is 1. The first-order chi connectivity index (χ1) is 20.4. The summed E-state index contributed by atoms with van der Waals surface area (Å²) in [4.78, 5) is 54.1. The van der Waals surface area contributed by atoms with Crippen molar-refractivity contribution in [2.75, 3.05) is 6.54 Å².